The van der Waals surface area contributed by atoms with Crippen molar-refractivity contribution in [2.45, 2.75) is 0 Å². The molecule has 0 aliphatic rings. The largest absolute Gasteiger partial charge is 0.346 e. The van der Waals surface area contributed by atoms with Gasteiger partial charge < -0.3 is 0 Å². The van der Waals surface area contributed by atoms with Crippen molar-refractivity contribution in [2.75, 3.05) is 0 Å². The maximum Gasteiger partial charge on any atom is 0.346 e. The highest BCUT2D eigenvalue weighted by atomic mass is 16.2. The molecule has 2 nitrogen and oxygen atoms in total. The van der Waals surface area contributed by atoms with Crippen LogP contribution in [0.2, 0.25) is 0 Å². The monoisotopic (exact) mass is 224 g/mol. The summed E-state index contributed by atoms with van der Waals surface area (Å²) in [6, 6.07) is 19.3. The van der Waals surface area contributed by atoms with Crippen molar-refractivity contribution in [2.24, 2.45) is 0 Å². The van der Waals surface area contributed by atoms with Gasteiger partial charge >= 0.3 is 5.91 Å². The summed E-state index contributed by atoms with van der Waals surface area (Å²) in [6.07, 6.45) is 1.36. The maximum absolute atomic E-state index is 12.0. The molecular weight excluding hydrogens is 210 g/mol. The Balaban J connectivity index is 2.47. The second kappa shape index (κ2) is 5.23. The van der Waals surface area contributed by atoms with E-state index in [1.807, 2.05) is 60.7 Å². The molecule has 2 heteroatoms. The Morgan fingerprint density at radius 3 is 1.65 bits per heavy atom. The van der Waals surface area contributed by atoms with Crippen LogP contribution in [0.3, 0.4) is 0 Å². The highest BCUT2D eigenvalue weighted by Gasteiger charge is 2.21. The molecule has 0 saturated heterocycles. The Bertz CT molecular complexity index is 465. The standard InChI is InChI=1S/C15H13NO/c1-2-15(17)16(13-9-5-3-6-10-13)14-11-7-4-8-12-14/h2-12H,1H2/p+1. The van der Waals surface area contributed by atoms with Crippen LogP contribution in [0.1, 0.15) is 0 Å². The molecule has 2 aromatic carbocycles. The van der Waals surface area contributed by atoms with Crippen molar-refractivity contribution < 1.29 is 9.69 Å². The molecule has 0 unspecified atom stereocenters. The summed E-state index contributed by atoms with van der Waals surface area (Å²) >= 11 is 0. The van der Waals surface area contributed by atoms with Crippen molar-refractivity contribution in [3.63, 3.8) is 0 Å². The van der Waals surface area contributed by atoms with E-state index in [1.165, 1.54) is 6.08 Å². The number of benzene rings is 2. The lowest BCUT2D eigenvalue weighted by atomic mass is 10.2. The van der Waals surface area contributed by atoms with E-state index < -0.39 is 0 Å². The average molecular weight is 224 g/mol. The Hall–Kier alpha value is -2.19. The van der Waals surface area contributed by atoms with Crippen LogP contribution in [0.4, 0.5) is 11.4 Å². The zero-order chi connectivity index (χ0) is 12.1. The Morgan fingerprint density at radius 2 is 1.29 bits per heavy atom. The molecule has 2 rings (SSSR count). The zero-order valence-corrected chi connectivity index (χ0v) is 9.47. The van der Waals surface area contributed by atoms with Gasteiger partial charge in [0.15, 0.2) is 0 Å². The predicted molar refractivity (Wildman–Crippen MR) is 68.4 cm³/mol. The van der Waals surface area contributed by atoms with Crippen molar-refractivity contribution in [3.05, 3.63) is 73.3 Å². The lowest BCUT2D eigenvalue weighted by molar-refractivity contribution is -0.668. The second-order valence-electron chi connectivity index (χ2n) is 3.68. The average Bonchev–Trinajstić information content (AvgIpc) is 2.41. The first-order chi connectivity index (χ1) is 8.33. The van der Waals surface area contributed by atoms with Crippen LogP contribution >= 0.6 is 0 Å². The van der Waals surface area contributed by atoms with E-state index in [2.05, 4.69) is 6.58 Å². The van der Waals surface area contributed by atoms with Gasteiger partial charge in [-0.2, -0.15) is 0 Å². The predicted octanol–water partition coefficient (Wildman–Crippen LogP) is 2.25. The SMILES string of the molecule is C=CC(=O)[NH+](c1ccccc1)c1ccccc1. The molecule has 0 spiro atoms. The topological polar surface area (TPSA) is 21.5 Å². The quantitative estimate of drug-likeness (QED) is 0.793. The van der Waals surface area contributed by atoms with E-state index in [1.54, 1.807) is 0 Å². The van der Waals surface area contributed by atoms with E-state index >= 15 is 0 Å². The fraction of sp³-hybridized carbons (Fsp3) is 0. The fourth-order valence-corrected chi connectivity index (χ4v) is 1.76. The highest BCUT2D eigenvalue weighted by Crippen LogP contribution is 2.07. The first kappa shape index (κ1) is 11.3. The van der Waals surface area contributed by atoms with Crippen LogP contribution in [0, 0.1) is 0 Å². The summed E-state index contributed by atoms with van der Waals surface area (Å²) in [4.78, 5) is 12.7. The van der Waals surface area contributed by atoms with E-state index in [9.17, 15) is 4.79 Å². The number of quaternary nitrogens is 1. The minimum absolute atomic E-state index is 0.0533. The first-order valence-electron chi connectivity index (χ1n) is 5.47. The van der Waals surface area contributed by atoms with E-state index in [4.69, 9.17) is 0 Å². The van der Waals surface area contributed by atoms with Gasteiger partial charge in [-0.25, -0.2) is 9.69 Å². The summed E-state index contributed by atoms with van der Waals surface area (Å²) in [5, 5.41) is 0. The lowest BCUT2D eigenvalue weighted by Gasteiger charge is -2.14. The summed E-state index contributed by atoms with van der Waals surface area (Å²) < 4.78 is 0. The van der Waals surface area contributed by atoms with Crippen LogP contribution < -0.4 is 4.90 Å². The van der Waals surface area contributed by atoms with E-state index in [0.29, 0.717) is 4.90 Å². The summed E-state index contributed by atoms with van der Waals surface area (Å²) in [5.41, 5.74) is 1.84. The lowest BCUT2D eigenvalue weighted by Crippen LogP contribution is -3.04. The van der Waals surface area contributed by atoms with Gasteiger partial charge in [0.1, 0.15) is 11.4 Å². The molecule has 0 aliphatic heterocycles. The number of hydrogen-bond donors (Lipinski definition) is 1. The maximum atomic E-state index is 12.0. The minimum Gasteiger partial charge on any atom is -0.225 e. The molecule has 0 aromatic heterocycles. The number of rotatable bonds is 3. The van der Waals surface area contributed by atoms with Gasteiger partial charge in [0.25, 0.3) is 0 Å². The molecule has 0 bridgehead atoms. The normalized spacial score (nSPS) is 10.2. The van der Waals surface area contributed by atoms with Crippen LogP contribution in [0.25, 0.3) is 0 Å². The van der Waals surface area contributed by atoms with Crippen molar-refractivity contribution in [3.8, 4) is 0 Å². The summed E-state index contributed by atoms with van der Waals surface area (Å²) in [7, 11) is 0. The number of amides is 1. The molecule has 84 valence electrons. The number of carbonyl (C=O) groups is 1. The summed E-state index contributed by atoms with van der Waals surface area (Å²) in [5.74, 6) is -0.0533. The molecule has 0 atom stereocenters. The van der Waals surface area contributed by atoms with Crippen LogP contribution in [-0.2, 0) is 4.79 Å². The van der Waals surface area contributed by atoms with Crippen molar-refractivity contribution in [1.82, 2.24) is 0 Å². The number of hydrogen-bond acceptors (Lipinski definition) is 1. The van der Waals surface area contributed by atoms with E-state index in [-0.39, 0.29) is 5.91 Å². The molecule has 1 N–H and O–H groups in total. The molecular formula is C15H14NO+. The number of nitrogens with one attached hydrogen (secondary N) is 1. The van der Waals surface area contributed by atoms with Crippen molar-refractivity contribution in [1.29, 1.82) is 0 Å². The minimum atomic E-state index is -0.0533. The van der Waals surface area contributed by atoms with Crippen molar-refractivity contribution >= 4 is 17.3 Å². The number of para-hydroxylation sites is 2. The zero-order valence-electron chi connectivity index (χ0n) is 9.47. The molecule has 0 fully saturated rings. The smallest absolute Gasteiger partial charge is 0.225 e. The van der Waals surface area contributed by atoms with Crippen LogP contribution in [-0.4, -0.2) is 5.91 Å². The molecule has 2 aromatic rings. The Morgan fingerprint density at radius 1 is 0.882 bits per heavy atom. The third kappa shape index (κ3) is 2.49. The second-order valence-corrected chi connectivity index (χ2v) is 3.68. The molecule has 0 heterocycles. The Kier molecular flexibility index (Phi) is 3.48. The van der Waals surface area contributed by atoms with Crippen LogP contribution in [0.5, 0.6) is 0 Å². The molecule has 1 amide bonds. The third-order valence-corrected chi connectivity index (χ3v) is 2.56. The van der Waals surface area contributed by atoms with Gasteiger partial charge in [-0.15, -0.1) is 0 Å². The molecule has 17 heavy (non-hydrogen) atoms. The fourth-order valence-electron chi connectivity index (χ4n) is 1.76. The Labute approximate surface area is 101 Å². The van der Waals surface area contributed by atoms with E-state index in [0.717, 1.165) is 11.4 Å². The molecule has 0 radical (unpaired) electrons. The summed E-state index contributed by atoms with van der Waals surface area (Å²) in [6.45, 7) is 3.56. The number of carbonyl (C=O) groups excluding carboxylic acids is 1. The van der Waals surface area contributed by atoms with Gasteiger partial charge in [-0.05, 0) is 24.3 Å². The van der Waals surface area contributed by atoms with Crippen LogP contribution in [0.15, 0.2) is 73.3 Å². The first-order valence-corrected chi connectivity index (χ1v) is 5.47. The highest BCUT2D eigenvalue weighted by molar-refractivity contribution is 5.82. The molecule has 0 saturated carbocycles. The van der Waals surface area contributed by atoms with Gasteiger partial charge in [0.05, 0.1) is 0 Å². The van der Waals surface area contributed by atoms with Gasteiger partial charge in [0, 0.05) is 6.08 Å². The van der Waals surface area contributed by atoms with Gasteiger partial charge in [-0.3, -0.25) is 0 Å². The van der Waals surface area contributed by atoms with Gasteiger partial charge in [-0.1, -0.05) is 43.0 Å². The third-order valence-electron chi connectivity index (χ3n) is 2.56. The molecule has 0 aliphatic carbocycles. The van der Waals surface area contributed by atoms with Gasteiger partial charge in [0.2, 0.25) is 0 Å².